The van der Waals surface area contributed by atoms with Crippen molar-refractivity contribution in [1.29, 1.82) is 0 Å². The predicted octanol–water partition coefficient (Wildman–Crippen LogP) is 2.87. The van der Waals surface area contributed by atoms with Gasteiger partial charge in [0.2, 0.25) is 0 Å². The van der Waals surface area contributed by atoms with E-state index >= 15 is 0 Å². The third-order valence-corrected chi connectivity index (χ3v) is 4.13. The van der Waals surface area contributed by atoms with E-state index in [0.29, 0.717) is 19.3 Å². The van der Waals surface area contributed by atoms with E-state index in [1.165, 1.54) is 0 Å². The molecule has 0 spiro atoms. The summed E-state index contributed by atoms with van der Waals surface area (Å²) in [6, 6.07) is 0.323. The van der Waals surface area contributed by atoms with Crippen molar-refractivity contribution in [2.45, 2.75) is 39.6 Å². The number of hydrogen-bond donors (Lipinski definition) is 1. The zero-order valence-corrected chi connectivity index (χ0v) is 14.5. The lowest BCUT2D eigenvalue weighted by molar-refractivity contribution is 0.0992. The van der Waals surface area contributed by atoms with Crippen molar-refractivity contribution in [3.63, 3.8) is 0 Å². The van der Waals surface area contributed by atoms with Gasteiger partial charge in [0.1, 0.15) is 5.82 Å². The lowest BCUT2D eigenvalue weighted by Crippen LogP contribution is -2.32. The second kappa shape index (κ2) is 8.10. The summed E-state index contributed by atoms with van der Waals surface area (Å²) in [6.45, 7) is 7.27. The predicted molar refractivity (Wildman–Crippen MR) is 88.5 cm³/mol. The smallest absolute Gasteiger partial charge is 0.125 e. The summed E-state index contributed by atoms with van der Waals surface area (Å²) in [5, 5.41) is 6.54. The molecule has 1 aliphatic heterocycles. The van der Waals surface area contributed by atoms with Crippen molar-refractivity contribution < 1.29 is 4.74 Å². The summed E-state index contributed by atoms with van der Waals surface area (Å²) in [5.74, 6) is 1.11. The Morgan fingerprint density at radius 1 is 1.43 bits per heavy atom. The molecule has 0 amide bonds. The molecule has 0 fully saturated rings. The maximum absolute atomic E-state index is 5.74. The van der Waals surface area contributed by atoms with Gasteiger partial charge in [-0.25, -0.2) is 9.97 Å². The first-order valence-corrected chi connectivity index (χ1v) is 7.38. The molecule has 3 heterocycles. The quantitative estimate of drug-likeness (QED) is 0.920. The minimum atomic E-state index is 0. The molecule has 21 heavy (non-hydrogen) atoms. The van der Waals surface area contributed by atoms with Crippen LogP contribution in [0, 0.1) is 6.92 Å². The highest BCUT2D eigenvalue weighted by atomic mass is 35.5. The SMILES string of the molecule is Cc1nc(COCc2cnc3n2CCNC3C)cs1.Cl.Cl. The molecule has 1 aliphatic rings. The van der Waals surface area contributed by atoms with Crippen LogP contribution in [0.15, 0.2) is 11.6 Å². The van der Waals surface area contributed by atoms with E-state index in [1.54, 1.807) is 11.3 Å². The zero-order valence-electron chi connectivity index (χ0n) is 12.0. The Kier molecular flexibility index (Phi) is 7.09. The second-order valence-electron chi connectivity index (χ2n) is 4.79. The summed E-state index contributed by atoms with van der Waals surface area (Å²) in [4.78, 5) is 8.86. The summed E-state index contributed by atoms with van der Waals surface area (Å²) in [7, 11) is 0. The van der Waals surface area contributed by atoms with Gasteiger partial charge in [0.25, 0.3) is 0 Å². The van der Waals surface area contributed by atoms with Crippen LogP contribution in [0.5, 0.6) is 0 Å². The van der Waals surface area contributed by atoms with Gasteiger partial charge in [0.05, 0.1) is 41.8 Å². The van der Waals surface area contributed by atoms with Crippen molar-refractivity contribution in [1.82, 2.24) is 19.9 Å². The van der Waals surface area contributed by atoms with Gasteiger partial charge >= 0.3 is 0 Å². The number of halogens is 2. The molecule has 0 aromatic carbocycles. The van der Waals surface area contributed by atoms with E-state index in [4.69, 9.17) is 4.74 Å². The van der Waals surface area contributed by atoms with E-state index in [2.05, 4.69) is 26.8 Å². The highest BCUT2D eigenvalue weighted by Gasteiger charge is 2.19. The van der Waals surface area contributed by atoms with Gasteiger partial charge < -0.3 is 14.6 Å². The Hall–Kier alpha value is -0.660. The first kappa shape index (κ1) is 18.4. The van der Waals surface area contributed by atoms with Gasteiger partial charge in [-0.2, -0.15) is 0 Å². The van der Waals surface area contributed by atoms with Crippen LogP contribution in [0.2, 0.25) is 0 Å². The second-order valence-corrected chi connectivity index (χ2v) is 5.85. The molecule has 8 heteroatoms. The van der Waals surface area contributed by atoms with Crippen LogP contribution >= 0.6 is 36.2 Å². The molecular formula is C13H20Cl2N4OS. The van der Waals surface area contributed by atoms with E-state index < -0.39 is 0 Å². The van der Waals surface area contributed by atoms with Crippen LogP contribution in [0.3, 0.4) is 0 Å². The number of hydrogen-bond acceptors (Lipinski definition) is 5. The van der Waals surface area contributed by atoms with E-state index in [9.17, 15) is 0 Å². The van der Waals surface area contributed by atoms with Gasteiger partial charge in [-0.1, -0.05) is 0 Å². The molecule has 0 saturated heterocycles. The van der Waals surface area contributed by atoms with Gasteiger partial charge in [0, 0.05) is 18.5 Å². The molecule has 2 aromatic heterocycles. The number of nitrogens with zero attached hydrogens (tertiary/aromatic N) is 3. The standard InChI is InChI=1S/C13H18N4OS.2ClH/c1-9-13-15-5-12(17(13)4-3-14-9)7-18-6-11-8-19-10(2)16-11;;/h5,8-9,14H,3-4,6-7H2,1-2H3;2*1H. The normalized spacial score (nSPS) is 16.8. The summed E-state index contributed by atoms with van der Waals surface area (Å²) < 4.78 is 8.00. The first-order valence-electron chi connectivity index (χ1n) is 6.50. The number of fused-ring (bicyclic) bond motifs is 1. The van der Waals surface area contributed by atoms with Crippen molar-refractivity contribution in [2.24, 2.45) is 0 Å². The van der Waals surface area contributed by atoms with Crippen molar-refractivity contribution in [2.75, 3.05) is 6.54 Å². The van der Waals surface area contributed by atoms with E-state index in [1.807, 2.05) is 18.5 Å². The fraction of sp³-hybridized carbons (Fsp3) is 0.538. The molecule has 0 radical (unpaired) electrons. The summed E-state index contributed by atoms with van der Waals surface area (Å²) >= 11 is 1.66. The Morgan fingerprint density at radius 3 is 2.95 bits per heavy atom. The lowest BCUT2D eigenvalue weighted by Gasteiger charge is -2.23. The van der Waals surface area contributed by atoms with Crippen molar-refractivity contribution in [3.05, 3.63) is 33.8 Å². The Labute approximate surface area is 141 Å². The molecule has 1 N–H and O–H groups in total. The Balaban J connectivity index is 0.00000110. The third-order valence-electron chi connectivity index (χ3n) is 3.31. The van der Waals surface area contributed by atoms with Crippen LogP contribution < -0.4 is 5.32 Å². The number of rotatable bonds is 4. The number of aromatic nitrogens is 3. The molecule has 1 unspecified atom stereocenters. The molecule has 0 saturated carbocycles. The fourth-order valence-electron chi connectivity index (χ4n) is 2.36. The van der Waals surface area contributed by atoms with Crippen LogP contribution in [0.4, 0.5) is 0 Å². The highest BCUT2D eigenvalue weighted by Crippen LogP contribution is 2.18. The summed E-state index contributed by atoms with van der Waals surface area (Å²) in [6.07, 6.45) is 1.92. The molecular weight excluding hydrogens is 331 g/mol. The minimum Gasteiger partial charge on any atom is -0.369 e. The van der Waals surface area contributed by atoms with Crippen molar-refractivity contribution >= 4 is 36.2 Å². The average molecular weight is 351 g/mol. The minimum absolute atomic E-state index is 0. The topological polar surface area (TPSA) is 52.0 Å². The van der Waals surface area contributed by atoms with Crippen LogP contribution in [0.1, 0.15) is 35.2 Å². The number of imidazole rings is 1. The van der Waals surface area contributed by atoms with Crippen LogP contribution in [0.25, 0.3) is 0 Å². The molecule has 0 bridgehead atoms. The largest absolute Gasteiger partial charge is 0.369 e. The van der Waals surface area contributed by atoms with Gasteiger partial charge in [-0.3, -0.25) is 0 Å². The van der Waals surface area contributed by atoms with E-state index in [0.717, 1.165) is 35.3 Å². The monoisotopic (exact) mass is 350 g/mol. The van der Waals surface area contributed by atoms with Gasteiger partial charge in [-0.15, -0.1) is 36.2 Å². The number of aryl methyl sites for hydroxylation is 1. The fourth-order valence-corrected chi connectivity index (χ4v) is 2.96. The maximum Gasteiger partial charge on any atom is 0.125 e. The number of nitrogens with one attached hydrogen (secondary N) is 1. The first-order chi connectivity index (χ1) is 9.24. The molecule has 5 nitrogen and oxygen atoms in total. The Bertz CT molecular complexity index is 572. The van der Waals surface area contributed by atoms with Crippen LogP contribution in [-0.4, -0.2) is 21.1 Å². The van der Waals surface area contributed by atoms with Gasteiger partial charge in [0.15, 0.2) is 0 Å². The molecule has 2 aromatic rings. The molecule has 118 valence electrons. The van der Waals surface area contributed by atoms with E-state index in [-0.39, 0.29) is 24.8 Å². The number of ether oxygens (including phenoxy) is 1. The number of thiazole rings is 1. The third kappa shape index (κ3) is 4.17. The summed E-state index contributed by atoms with van der Waals surface area (Å²) in [5.41, 5.74) is 2.16. The highest BCUT2D eigenvalue weighted by molar-refractivity contribution is 7.09. The van der Waals surface area contributed by atoms with Crippen LogP contribution in [-0.2, 0) is 24.5 Å². The molecule has 0 aliphatic carbocycles. The zero-order chi connectivity index (χ0) is 13.2. The van der Waals surface area contributed by atoms with Crippen molar-refractivity contribution in [3.8, 4) is 0 Å². The Morgan fingerprint density at radius 2 is 2.24 bits per heavy atom. The average Bonchev–Trinajstić information content (AvgIpc) is 2.98. The molecule has 3 rings (SSSR count). The van der Waals surface area contributed by atoms with Gasteiger partial charge in [-0.05, 0) is 13.8 Å². The maximum atomic E-state index is 5.74. The molecule has 1 atom stereocenters. The lowest BCUT2D eigenvalue weighted by atomic mass is 10.2.